The van der Waals surface area contributed by atoms with Crippen LogP contribution in [0.2, 0.25) is 5.02 Å². The number of aromatic nitrogens is 3. The second kappa shape index (κ2) is 5.46. The summed E-state index contributed by atoms with van der Waals surface area (Å²) in [5, 5.41) is 4.88. The number of benzene rings is 1. The number of nitrogens with zero attached hydrogens (tertiary/aromatic N) is 3. The van der Waals surface area contributed by atoms with E-state index in [1.807, 2.05) is 0 Å². The second-order valence-electron chi connectivity index (χ2n) is 4.37. The standard InChI is InChI=1S/C15H9ClFN3O/c16-12-2-1-3-14(5-12)20-8-11(9-21)15(19-20)10-4-13(17)7-18-6-10/h1-9H. The third-order valence-corrected chi connectivity index (χ3v) is 3.16. The molecule has 0 bridgehead atoms. The van der Waals surface area contributed by atoms with Crippen LogP contribution in [0.25, 0.3) is 16.9 Å². The number of carbonyl (C=O) groups is 1. The summed E-state index contributed by atoms with van der Waals surface area (Å²) in [4.78, 5) is 15.0. The van der Waals surface area contributed by atoms with E-state index < -0.39 is 5.82 Å². The fraction of sp³-hybridized carbons (Fsp3) is 0. The molecule has 2 heterocycles. The number of pyridine rings is 1. The molecule has 0 atom stereocenters. The van der Waals surface area contributed by atoms with Crippen molar-refractivity contribution in [2.45, 2.75) is 0 Å². The minimum Gasteiger partial charge on any atom is -0.298 e. The number of aldehydes is 1. The molecule has 0 saturated heterocycles. The lowest BCUT2D eigenvalue weighted by molar-refractivity contribution is 0.112. The Kier molecular flexibility index (Phi) is 3.50. The third-order valence-electron chi connectivity index (χ3n) is 2.92. The number of hydrogen-bond acceptors (Lipinski definition) is 3. The minimum atomic E-state index is -0.485. The van der Waals surface area contributed by atoms with E-state index in [0.29, 0.717) is 33.8 Å². The Morgan fingerprint density at radius 3 is 2.81 bits per heavy atom. The summed E-state index contributed by atoms with van der Waals surface area (Å²) in [5.74, 6) is -0.485. The van der Waals surface area contributed by atoms with Crippen molar-refractivity contribution in [3.63, 3.8) is 0 Å². The van der Waals surface area contributed by atoms with E-state index in [4.69, 9.17) is 11.6 Å². The van der Waals surface area contributed by atoms with Gasteiger partial charge < -0.3 is 0 Å². The van der Waals surface area contributed by atoms with Crippen LogP contribution in [-0.2, 0) is 0 Å². The molecule has 3 rings (SSSR count). The molecule has 0 radical (unpaired) electrons. The van der Waals surface area contributed by atoms with Crippen molar-refractivity contribution in [3.8, 4) is 16.9 Å². The summed E-state index contributed by atoms with van der Waals surface area (Å²) >= 11 is 5.94. The Balaban J connectivity index is 2.13. The van der Waals surface area contributed by atoms with Crippen molar-refractivity contribution in [2.75, 3.05) is 0 Å². The molecular formula is C15H9ClFN3O. The topological polar surface area (TPSA) is 47.8 Å². The van der Waals surface area contributed by atoms with E-state index in [1.54, 1.807) is 30.5 Å². The molecule has 3 aromatic rings. The first-order valence-corrected chi connectivity index (χ1v) is 6.47. The van der Waals surface area contributed by atoms with Crippen LogP contribution < -0.4 is 0 Å². The van der Waals surface area contributed by atoms with Crippen LogP contribution in [0.5, 0.6) is 0 Å². The van der Waals surface area contributed by atoms with Crippen LogP contribution in [0.3, 0.4) is 0 Å². The average Bonchev–Trinajstić information content (AvgIpc) is 2.91. The molecule has 0 aliphatic rings. The second-order valence-corrected chi connectivity index (χ2v) is 4.80. The first-order valence-electron chi connectivity index (χ1n) is 6.09. The maximum absolute atomic E-state index is 13.3. The van der Waals surface area contributed by atoms with Crippen molar-refractivity contribution in [2.24, 2.45) is 0 Å². The Bertz CT molecular complexity index is 816. The molecule has 104 valence electrons. The van der Waals surface area contributed by atoms with E-state index in [1.165, 1.54) is 16.9 Å². The van der Waals surface area contributed by atoms with Gasteiger partial charge in [0.2, 0.25) is 0 Å². The third kappa shape index (κ3) is 2.68. The highest BCUT2D eigenvalue weighted by atomic mass is 35.5. The Labute approximate surface area is 124 Å². The maximum atomic E-state index is 13.3. The first-order chi connectivity index (χ1) is 10.2. The van der Waals surface area contributed by atoms with Crippen molar-refractivity contribution >= 4 is 17.9 Å². The van der Waals surface area contributed by atoms with Crippen LogP contribution in [0, 0.1) is 5.82 Å². The zero-order chi connectivity index (χ0) is 14.8. The molecule has 4 nitrogen and oxygen atoms in total. The first kappa shape index (κ1) is 13.5. The highest BCUT2D eigenvalue weighted by Gasteiger charge is 2.12. The Morgan fingerprint density at radius 1 is 1.24 bits per heavy atom. The van der Waals surface area contributed by atoms with Gasteiger partial charge in [0.15, 0.2) is 6.29 Å². The molecule has 1 aromatic carbocycles. The van der Waals surface area contributed by atoms with Gasteiger partial charge in [0.1, 0.15) is 11.5 Å². The van der Waals surface area contributed by atoms with Gasteiger partial charge in [-0.15, -0.1) is 0 Å². The van der Waals surface area contributed by atoms with E-state index in [9.17, 15) is 9.18 Å². The van der Waals surface area contributed by atoms with Gasteiger partial charge in [0.05, 0.1) is 17.4 Å². The van der Waals surface area contributed by atoms with Gasteiger partial charge in [-0.05, 0) is 24.3 Å². The van der Waals surface area contributed by atoms with E-state index in [2.05, 4.69) is 10.1 Å². The van der Waals surface area contributed by atoms with Crippen molar-refractivity contribution in [1.29, 1.82) is 0 Å². The molecule has 0 saturated carbocycles. The summed E-state index contributed by atoms with van der Waals surface area (Å²) < 4.78 is 14.8. The van der Waals surface area contributed by atoms with Gasteiger partial charge in [-0.2, -0.15) is 5.10 Å². The van der Waals surface area contributed by atoms with Crippen LogP contribution in [0.4, 0.5) is 4.39 Å². The van der Waals surface area contributed by atoms with Gasteiger partial charge in [0.25, 0.3) is 0 Å². The number of halogens is 2. The Hall–Kier alpha value is -2.53. The average molecular weight is 302 g/mol. The number of carbonyl (C=O) groups excluding carboxylic acids is 1. The molecule has 0 N–H and O–H groups in total. The van der Waals surface area contributed by atoms with Crippen molar-refractivity contribution in [3.05, 3.63) is 65.3 Å². The lowest BCUT2D eigenvalue weighted by Crippen LogP contribution is -1.94. The van der Waals surface area contributed by atoms with Crippen LogP contribution in [-0.4, -0.2) is 21.1 Å². The summed E-state index contributed by atoms with van der Waals surface area (Å²) in [5.41, 5.74) is 1.87. The zero-order valence-corrected chi connectivity index (χ0v) is 11.5. The van der Waals surface area contributed by atoms with E-state index in [-0.39, 0.29) is 0 Å². The maximum Gasteiger partial charge on any atom is 0.153 e. The fourth-order valence-electron chi connectivity index (χ4n) is 1.99. The zero-order valence-electron chi connectivity index (χ0n) is 10.7. The lowest BCUT2D eigenvalue weighted by Gasteiger charge is -2.01. The Morgan fingerprint density at radius 2 is 2.10 bits per heavy atom. The summed E-state index contributed by atoms with van der Waals surface area (Å²) in [6, 6.07) is 8.33. The van der Waals surface area contributed by atoms with E-state index >= 15 is 0 Å². The predicted octanol–water partition coefficient (Wildman–Crippen LogP) is 3.54. The molecular weight excluding hydrogens is 293 g/mol. The summed E-state index contributed by atoms with van der Waals surface area (Å²) in [6.07, 6.45) is 4.80. The highest BCUT2D eigenvalue weighted by Crippen LogP contribution is 2.23. The van der Waals surface area contributed by atoms with E-state index in [0.717, 1.165) is 6.20 Å². The van der Waals surface area contributed by atoms with Gasteiger partial charge >= 0.3 is 0 Å². The largest absolute Gasteiger partial charge is 0.298 e. The van der Waals surface area contributed by atoms with Crippen molar-refractivity contribution < 1.29 is 9.18 Å². The monoisotopic (exact) mass is 301 g/mol. The highest BCUT2D eigenvalue weighted by molar-refractivity contribution is 6.30. The molecule has 0 spiro atoms. The van der Waals surface area contributed by atoms with Gasteiger partial charge in [-0.3, -0.25) is 9.78 Å². The number of rotatable bonds is 3. The minimum absolute atomic E-state index is 0.349. The fourth-order valence-corrected chi connectivity index (χ4v) is 2.17. The molecule has 0 fully saturated rings. The summed E-state index contributed by atoms with van der Waals surface area (Å²) in [7, 11) is 0. The quantitative estimate of drug-likeness (QED) is 0.695. The molecule has 0 unspecified atom stereocenters. The smallest absolute Gasteiger partial charge is 0.153 e. The normalized spacial score (nSPS) is 10.6. The van der Waals surface area contributed by atoms with Crippen molar-refractivity contribution in [1.82, 2.24) is 14.8 Å². The molecule has 21 heavy (non-hydrogen) atoms. The predicted molar refractivity (Wildman–Crippen MR) is 77.2 cm³/mol. The van der Waals surface area contributed by atoms with Gasteiger partial charge in [-0.1, -0.05) is 17.7 Å². The van der Waals surface area contributed by atoms with Crippen LogP contribution in [0.15, 0.2) is 48.9 Å². The molecule has 0 amide bonds. The summed E-state index contributed by atoms with van der Waals surface area (Å²) in [6.45, 7) is 0. The lowest BCUT2D eigenvalue weighted by atomic mass is 10.1. The number of hydrogen-bond donors (Lipinski definition) is 0. The molecule has 0 aliphatic heterocycles. The molecule has 2 aromatic heterocycles. The van der Waals surface area contributed by atoms with Gasteiger partial charge in [0, 0.05) is 23.0 Å². The van der Waals surface area contributed by atoms with Crippen LogP contribution in [0.1, 0.15) is 10.4 Å². The SMILES string of the molecule is O=Cc1cn(-c2cccc(Cl)c2)nc1-c1cncc(F)c1. The van der Waals surface area contributed by atoms with Gasteiger partial charge in [-0.25, -0.2) is 9.07 Å². The van der Waals surface area contributed by atoms with Crippen LogP contribution >= 0.6 is 11.6 Å². The molecule has 0 aliphatic carbocycles. The molecule has 6 heteroatoms.